The highest BCUT2D eigenvalue weighted by Gasteiger charge is 2.07. The topological polar surface area (TPSA) is 59.6 Å². The first-order chi connectivity index (χ1) is 8.88. The van der Waals surface area contributed by atoms with Crippen LogP contribution in [0.3, 0.4) is 0 Å². The summed E-state index contributed by atoms with van der Waals surface area (Å²) < 4.78 is 0.901. The first-order valence-electron chi connectivity index (χ1n) is 4.78. The van der Waals surface area contributed by atoms with Gasteiger partial charge in [0.1, 0.15) is 0 Å². The standard InChI is InChI=1S/C11H9ClI2N2O3/c1-6(13)18-15-9-3-8(11(12)17)4-10(5-9)16-19-7(2)14/h3-5,15-16H,1-2H2. The molecule has 19 heavy (non-hydrogen) atoms. The van der Waals surface area contributed by atoms with Crippen molar-refractivity contribution in [2.75, 3.05) is 11.0 Å². The molecule has 0 amide bonds. The van der Waals surface area contributed by atoms with Crippen molar-refractivity contribution >= 4 is 73.4 Å². The maximum atomic E-state index is 11.2. The summed E-state index contributed by atoms with van der Waals surface area (Å²) in [6, 6.07) is 4.75. The Morgan fingerprint density at radius 3 is 1.79 bits per heavy atom. The fourth-order valence-electron chi connectivity index (χ4n) is 1.09. The average Bonchev–Trinajstić information content (AvgIpc) is 2.33. The van der Waals surface area contributed by atoms with Gasteiger partial charge in [-0.1, -0.05) is 0 Å². The summed E-state index contributed by atoms with van der Waals surface area (Å²) in [5.41, 5.74) is 6.60. The van der Waals surface area contributed by atoms with Crippen LogP contribution in [0.2, 0.25) is 0 Å². The van der Waals surface area contributed by atoms with Crippen molar-refractivity contribution in [3.63, 3.8) is 0 Å². The van der Waals surface area contributed by atoms with Crippen molar-refractivity contribution in [2.24, 2.45) is 0 Å². The molecule has 0 aromatic heterocycles. The summed E-state index contributed by atoms with van der Waals surface area (Å²) in [6.45, 7) is 7.13. The third-order valence-corrected chi connectivity index (χ3v) is 2.38. The van der Waals surface area contributed by atoms with Crippen molar-refractivity contribution in [3.8, 4) is 0 Å². The number of hydrogen-bond acceptors (Lipinski definition) is 5. The average molecular weight is 506 g/mol. The van der Waals surface area contributed by atoms with Gasteiger partial charge in [-0.3, -0.25) is 4.79 Å². The second kappa shape index (κ2) is 7.80. The van der Waals surface area contributed by atoms with Gasteiger partial charge in [0.25, 0.3) is 5.24 Å². The molecule has 102 valence electrons. The lowest BCUT2D eigenvalue weighted by molar-refractivity contribution is 0.108. The Morgan fingerprint density at radius 2 is 1.47 bits per heavy atom. The second-order valence-electron chi connectivity index (χ2n) is 3.19. The molecule has 1 aromatic carbocycles. The van der Waals surface area contributed by atoms with E-state index in [2.05, 4.69) is 24.1 Å². The van der Waals surface area contributed by atoms with Crippen molar-refractivity contribution in [1.82, 2.24) is 0 Å². The molecule has 0 atom stereocenters. The summed E-state index contributed by atoms with van der Waals surface area (Å²) in [7, 11) is 0. The van der Waals surface area contributed by atoms with Crippen LogP contribution in [0.4, 0.5) is 11.4 Å². The van der Waals surface area contributed by atoms with Crippen LogP contribution in [-0.2, 0) is 9.68 Å². The molecule has 0 aliphatic rings. The molecule has 0 unspecified atom stereocenters. The maximum Gasteiger partial charge on any atom is 0.252 e. The fraction of sp³-hybridized carbons (Fsp3) is 0. The quantitative estimate of drug-likeness (QED) is 0.246. The van der Waals surface area contributed by atoms with Crippen LogP contribution in [0.15, 0.2) is 38.9 Å². The van der Waals surface area contributed by atoms with Gasteiger partial charge in [-0.15, -0.1) is 0 Å². The predicted molar refractivity (Wildman–Crippen MR) is 92.4 cm³/mol. The van der Waals surface area contributed by atoms with Crippen LogP contribution in [-0.4, -0.2) is 5.24 Å². The summed E-state index contributed by atoms with van der Waals surface area (Å²) in [5.74, 6) is 0. The zero-order valence-corrected chi connectivity index (χ0v) is 14.6. The number of carbonyl (C=O) groups is 1. The van der Waals surface area contributed by atoms with E-state index in [-0.39, 0.29) is 0 Å². The normalized spacial score (nSPS) is 9.42. The highest BCUT2D eigenvalue weighted by Crippen LogP contribution is 2.22. The highest BCUT2D eigenvalue weighted by molar-refractivity contribution is 14.1. The van der Waals surface area contributed by atoms with Crippen LogP contribution in [0, 0.1) is 0 Å². The first-order valence-corrected chi connectivity index (χ1v) is 7.31. The van der Waals surface area contributed by atoms with Crippen LogP contribution < -0.4 is 11.0 Å². The Balaban J connectivity index is 2.93. The van der Waals surface area contributed by atoms with Gasteiger partial charge in [0.05, 0.1) is 11.4 Å². The number of anilines is 2. The third-order valence-electron chi connectivity index (χ3n) is 1.72. The van der Waals surface area contributed by atoms with Crippen LogP contribution in [0.1, 0.15) is 10.4 Å². The Kier molecular flexibility index (Phi) is 6.72. The van der Waals surface area contributed by atoms with Gasteiger partial charge in [0, 0.05) is 50.7 Å². The lowest BCUT2D eigenvalue weighted by Crippen LogP contribution is -2.03. The van der Waals surface area contributed by atoms with E-state index in [4.69, 9.17) is 21.3 Å². The molecule has 0 saturated heterocycles. The Labute approximate surface area is 142 Å². The number of carbonyl (C=O) groups excluding carboxylic acids is 1. The smallest absolute Gasteiger partial charge is 0.252 e. The monoisotopic (exact) mass is 506 g/mol. The van der Waals surface area contributed by atoms with E-state index in [1.165, 1.54) is 0 Å². The number of hydrogen-bond donors (Lipinski definition) is 2. The molecule has 0 heterocycles. The van der Waals surface area contributed by atoms with Crippen molar-refractivity contribution < 1.29 is 14.5 Å². The van der Waals surface area contributed by atoms with Crippen LogP contribution in [0.5, 0.6) is 0 Å². The molecule has 0 radical (unpaired) electrons. The molecule has 5 nitrogen and oxygen atoms in total. The minimum atomic E-state index is -0.590. The van der Waals surface area contributed by atoms with E-state index in [1.54, 1.807) is 18.2 Å². The molecule has 0 fully saturated rings. The van der Waals surface area contributed by atoms with Gasteiger partial charge in [-0.2, -0.15) is 0 Å². The number of benzene rings is 1. The van der Waals surface area contributed by atoms with E-state index in [1.807, 2.05) is 45.2 Å². The van der Waals surface area contributed by atoms with Gasteiger partial charge >= 0.3 is 0 Å². The summed E-state index contributed by atoms with van der Waals surface area (Å²) in [5, 5.41) is -0.590. The molecule has 0 aliphatic heterocycles. The summed E-state index contributed by atoms with van der Waals surface area (Å²) in [6.07, 6.45) is 0. The van der Waals surface area contributed by atoms with Crippen LogP contribution >= 0.6 is 56.8 Å². The van der Waals surface area contributed by atoms with Gasteiger partial charge in [-0.25, -0.2) is 11.0 Å². The minimum Gasteiger partial charge on any atom is -0.376 e. The Bertz CT molecular complexity index is 486. The minimum absolute atomic E-state index is 0.291. The Hall–Kier alpha value is -0.680. The van der Waals surface area contributed by atoms with Gasteiger partial charge in [0.2, 0.25) is 0 Å². The van der Waals surface area contributed by atoms with Crippen molar-refractivity contribution in [3.05, 3.63) is 44.5 Å². The molecule has 0 aliphatic carbocycles. The second-order valence-corrected chi connectivity index (χ2v) is 5.94. The first kappa shape index (κ1) is 16.4. The number of nitrogens with one attached hydrogen (secondary N) is 2. The molecule has 0 spiro atoms. The molecule has 2 N–H and O–H groups in total. The van der Waals surface area contributed by atoms with Gasteiger partial charge in [0.15, 0.2) is 7.53 Å². The van der Waals surface area contributed by atoms with Crippen LogP contribution in [0.25, 0.3) is 0 Å². The SMILES string of the molecule is C=C(I)ONc1cc(NOC(=C)I)cc(C(=O)Cl)c1. The largest absolute Gasteiger partial charge is 0.376 e. The summed E-state index contributed by atoms with van der Waals surface area (Å²) in [4.78, 5) is 21.3. The molecule has 8 heteroatoms. The predicted octanol–water partition coefficient (Wildman–Crippen LogP) is 4.57. The van der Waals surface area contributed by atoms with Gasteiger partial charge in [-0.05, 0) is 43.0 Å². The van der Waals surface area contributed by atoms with Crippen molar-refractivity contribution in [1.29, 1.82) is 0 Å². The Morgan fingerprint density at radius 1 is 1.05 bits per heavy atom. The highest BCUT2D eigenvalue weighted by atomic mass is 127. The zero-order chi connectivity index (χ0) is 14.4. The number of halogens is 3. The molecule has 0 bridgehead atoms. The van der Waals surface area contributed by atoms with E-state index < -0.39 is 5.24 Å². The zero-order valence-electron chi connectivity index (χ0n) is 9.50. The van der Waals surface area contributed by atoms with E-state index >= 15 is 0 Å². The molecular formula is C11H9ClI2N2O3. The lowest BCUT2D eigenvalue weighted by Gasteiger charge is -2.11. The molecule has 0 saturated carbocycles. The fourth-order valence-corrected chi connectivity index (χ4v) is 1.42. The van der Waals surface area contributed by atoms with E-state index in [0.717, 1.165) is 0 Å². The van der Waals surface area contributed by atoms with Gasteiger partial charge < -0.3 is 9.68 Å². The molecule has 1 rings (SSSR count). The third kappa shape index (κ3) is 6.34. The molecular weight excluding hydrogens is 497 g/mol. The molecule has 1 aromatic rings. The lowest BCUT2D eigenvalue weighted by atomic mass is 10.2. The van der Waals surface area contributed by atoms with Crippen molar-refractivity contribution in [2.45, 2.75) is 0 Å². The maximum absolute atomic E-state index is 11.2. The van der Waals surface area contributed by atoms with E-state index in [0.29, 0.717) is 24.5 Å². The summed E-state index contributed by atoms with van der Waals surface area (Å²) >= 11 is 9.26. The number of rotatable bonds is 7. The van der Waals surface area contributed by atoms with E-state index in [9.17, 15) is 4.79 Å².